The number of ketones is 1. The van der Waals surface area contributed by atoms with Crippen LogP contribution in [0.5, 0.6) is 11.5 Å². The van der Waals surface area contributed by atoms with E-state index in [1.54, 1.807) is 41.3 Å². The number of allylic oxidation sites excluding steroid dienone is 1. The first-order chi connectivity index (χ1) is 13.5. The van der Waals surface area contributed by atoms with Crippen molar-refractivity contribution in [2.45, 2.75) is 19.5 Å². The Balaban J connectivity index is 1.84. The fraction of sp³-hybridized carbons (Fsp3) is 0.238. The highest BCUT2D eigenvalue weighted by Crippen LogP contribution is 2.33. The van der Waals surface area contributed by atoms with E-state index in [2.05, 4.69) is 4.74 Å². The lowest BCUT2D eigenvalue weighted by Crippen LogP contribution is -2.23. The number of rotatable bonds is 7. The highest BCUT2D eigenvalue weighted by molar-refractivity contribution is 6.08. The number of carbonyl (C=O) groups excluding carboxylic acids is 2. The van der Waals surface area contributed by atoms with Crippen molar-refractivity contribution in [3.8, 4) is 11.5 Å². The number of alkyl halides is 2. The number of amides is 1. The van der Waals surface area contributed by atoms with Crippen molar-refractivity contribution in [2.75, 3.05) is 18.6 Å². The fourth-order valence-corrected chi connectivity index (χ4v) is 3.05. The van der Waals surface area contributed by atoms with Gasteiger partial charge in [0.05, 0.1) is 7.11 Å². The zero-order valence-corrected chi connectivity index (χ0v) is 15.2. The number of hydrogen-bond acceptors (Lipinski definition) is 4. The summed E-state index contributed by atoms with van der Waals surface area (Å²) in [6, 6.07) is 11.4. The van der Waals surface area contributed by atoms with Crippen LogP contribution in [0.1, 0.15) is 28.8 Å². The molecule has 0 atom stereocenters. The second kappa shape index (κ2) is 8.65. The first kappa shape index (κ1) is 19.5. The summed E-state index contributed by atoms with van der Waals surface area (Å²) in [5.41, 5.74) is 1.36. The number of carbonyl (C=O) groups is 2. The van der Waals surface area contributed by atoms with Gasteiger partial charge in [0.1, 0.15) is 0 Å². The molecule has 2 aromatic carbocycles. The van der Waals surface area contributed by atoms with E-state index in [0.717, 1.165) is 6.42 Å². The molecule has 3 rings (SSSR count). The largest absolute Gasteiger partial charge is 0.493 e. The SMILES string of the molecule is COc1cccc(C=CC(=O)c2cccc(N3CCCC3=O)c2)c1OC(F)F. The lowest BCUT2D eigenvalue weighted by atomic mass is 10.1. The van der Waals surface area contributed by atoms with Crippen LogP contribution in [0.2, 0.25) is 0 Å². The molecule has 5 nitrogen and oxygen atoms in total. The maximum Gasteiger partial charge on any atom is 0.387 e. The molecular formula is C21H19F2NO4. The minimum Gasteiger partial charge on any atom is -0.493 e. The van der Waals surface area contributed by atoms with Crippen LogP contribution in [-0.4, -0.2) is 32.0 Å². The molecule has 1 saturated heterocycles. The Morgan fingerprint density at radius 2 is 2.00 bits per heavy atom. The predicted molar refractivity (Wildman–Crippen MR) is 101 cm³/mol. The first-order valence-electron chi connectivity index (χ1n) is 8.74. The minimum absolute atomic E-state index is 0.0327. The predicted octanol–water partition coefficient (Wildman–Crippen LogP) is 4.32. The molecule has 1 amide bonds. The molecule has 0 bridgehead atoms. The Labute approximate surface area is 161 Å². The smallest absolute Gasteiger partial charge is 0.387 e. The van der Waals surface area contributed by atoms with Crippen molar-refractivity contribution < 1.29 is 27.8 Å². The molecule has 1 aliphatic rings. The third-order valence-electron chi connectivity index (χ3n) is 4.37. The van der Waals surface area contributed by atoms with E-state index in [4.69, 9.17) is 4.74 Å². The van der Waals surface area contributed by atoms with Crippen LogP contribution in [0.3, 0.4) is 0 Å². The van der Waals surface area contributed by atoms with Crippen molar-refractivity contribution >= 4 is 23.5 Å². The summed E-state index contributed by atoms with van der Waals surface area (Å²) in [5.74, 6) is -0.283. The molecule has 28 heavy (non-hydrogen) atoms. The Morgan fingerprint density at radius 1 is 1.21 bits per heavy atom. The summed E-state index contributed by atoms with van der Waals surface area (Å²) < 4.78 is 35.0. The molecular weight excluding hydrogens is 368 g/mol. The maximum absolute atomic E-state index is 12.7. The number of hydrogen-bond donors (Lipinski definition) is 0. The third-order valence-corrected chi connectivity index (χ3v) is 4.37. The quantitative estimate of drug-likeness (QED) is 0.525. The van der Waals surface area contributed by atoms with Crippen LogP contribution in [-0.2, 0) is 4.79 Å². The van der Waals surface area contributed by atoms with Gasteiger partial charge in [-0.05, 0) is 36.8 Å². The van der Waals surface area contributed by atoms with Crippen molar-refractivity contribution in [1.29, 1.82) is 0 Å². The second-order valence-corrected chi connectivity index (χ2v) is 6.15. The van der Waals surface area contributed by atoms with Gasteiger partial charge in [-0.15, -0.1) is 0 Å². The van der Waals surface area contributed by atoms with Crippen LogP contribution in [0.25, 0.3) is 6.08 Å². The second-order valence-electron chi connectivity index (χ2n) is 6.15. The molecule has 0 aromatic heterocycles. The van der Waals surface area contributed by atoms with Crippen LogP contribution < -0.4 is 14.4 Å². The molecule has 1 fully saturated rings. The standard InChI is InChI=1S/C21H19F2NO4/c1-27-18-8-3-5-14(20(18)28-21(22)23)10-11-17(25)15-6-2-7-16(13-15)24-12-4-9-19(24)26/h2-3,5-8,10-11,13,21H,4,9,12H2,1H3. The molecule has 0 saturated carbocycles. The highest BCUT2D eigenvalue weighted by Gasteiger charge is 2.22. The average Bonchev–Trinajstić information content (AvgIpc) is 3.12. The molecule has 0 spiro atoms. The average molecular weight is 387 g/mol. The monoisotopic (exact) mass is 387 g/mol. The minimum atomic E-state index is -3.02. The van der Waals surface area contributed by atoms with E-state index >= 15 is 0 Å². The normalized spacial score (nSPS) is 14.1. The Bertz CT molecular complexity index is 911. The summed E-state index contributed by atoms with van der Waals surface area (Å²) in [4.78, 5) is 26.1. The van der Waals surface area contributed by atoms with Crippen molar-refractivity contribution in [2.24, 2.45) is 0 Å². The van der Waals surface area contributed by atoms with Gasteiger partial charge in [-0.2, -0.15) is 8.78 Å². The van der Waals surface area contributed by atoms with E-state index in [1.807, 2.05) is 0 Å². The lowest BCUT2D eigenvalue weighted by Gasteiger charge is -2.16. The summed E-state index contributed by atoms with van der Waals surface area (Å²) in [5, 5.41) is 0. The molecule has 2 aromatic rings. The highest BCUT2D eigenvalue weighted by atomic mass is 19.3. The number of methoxy groups -OCH3 is 1. The number of anilines is 1. The number of halogens is 2. The summed E-state index contributed by atoms with van der Waals surface area (Å²) in [6.07, 6.45) is 3.97. The molecule has 1 heterocycles. The molecule has 0 unspecified atom stereocenters. The molecule has 0 N–H and O–H groups in total. The van der Waals surface area contributed by atoms with Gasteiger partial charge in [0.2, 0.25) is 5.91 Å². The number of benzene rings is 2. The number of nitrogens with zero attached hydrogens (tertiary/aromatic N) is 1. The number of ether oxygens (including phenoxy) is 2. The van der Waals surface area contributed by atoms with Gasteiger partial charge in [0.15, 0.2) is 17.3 Å². The molecule has 0 aliphatic carbocycles. The van der Waals surface area contributed by atoms with E-state index in [9.17, 15) is 18.4 Å². The molecule has 146 valence electrons. The molecule has 7 heteroatoms. The Morgan fingerprint density at radius 3 is 2.68 bits per heavy atom. The zero-order valence-electron chi connectivity index (χ0n) is 15.2. The van der Waals surface area contributed by atoms with E-state index < -0.39 is 6.61 Å². The van der Waals surface area contributed by atoms with Gasteiger partial charge in [-0.1, -0.05) is 24.3 Å². The Kier molecular flexibility index (Phi) is 6.03. The van der Waals surface area contributed by atoms with Crippen LogP contribution in [0, 0.1) is 0 Å². The van der Waals surface area contributed by atoms with Crippen molar-refractivity contribution in [3.63, 3.8) is 0 Å². The lowest BCUT2D eigenvalue weighted by molar-refractivity contribution is -0.117. The van der Waals surface area contributed by atoms with Crippen LogP contribution in [0.15, 0.2) is 48.5 Å². The van der Waals surface area contributed by atoms with E-state index in [0.29, 0.717) is 29.8 Å². The van der Waals surface area contributed by atoms with Crippen molar-refractivity contribution in [3.05, 3.63) is 59.7 Å². The van der Waals surface area contributed by atoms with E-state index in [-0.39, 0.29) is 23.2 Å². The first-order valence-corrected chi connectivity index (χ1v) is 8.74. The van der Waals surface area contributed by atoms with Crippen molar-refractivity contribution in [1.82, 2.24) is 0 Å². The van der Waals surface area contributed by atoms with Gasteiger partial charge in [0.25, 0.3) is 0 Å². The zero-order chi connectivity index (χ0) is 20.1. The summed E-state index contributed by atoms with van der Waals surface area (Å²) >= 11 is 0. The summed E-state index contributed by atoms with van der Waals surface area (Å²) in [6.45, 7) is -2.39. The topological polar surface area (TPSA) is 55.8 Å². The summed E-state index contributed by atoms with van der Waals surface area (Å²) in [7, 11) is 1.34. The third kappa shape index (κ3) is 4.36. The van der Waals surface area contributed by atoms with Gasteiger partial charge in [-0.3, -0.25) is 9.59 Å². The fourth-order valence-electron chi connectivity index (χ4n) is 3.05. The molecule has 1 aliphatic heterocycles. The Hall–Kier alpha value is -3.22. The molecule has 0 radical (unpaired) electrons. The number of para-hydroxylation sites is 1. The van der Waals surface area contributed by atoms with Gasteiger partial charge >= 0.3 is 6.61 Å². The van der Waals surface area contributed by atoms with E-state index in [1.165, 1.54) is 25.3 Å². The van der Waals surface area contributed by atoms with Gasteiger partial charge in [-0.25, -0.2) is 0 Å². The van der Waals surface area contributed by atoms with Gasteiger partial charge < -0.3 is 14.4 Å². The maximum atomic E-state index is 12.7. The van der Waals surface area contributed by atoms with Crippen LogP contribution in [0.4, 0.5) is 14.5 Å². The van der Waals surface area contributed by atoms with Crippen LogP contribution >= 0.6 is 0 Å². The van der Waals surface area contributed by atoms with Gasteiger partial charge in [0, 0.05) is 29.8 Å².